The zero-order valence-corrected chi connectivity index (χ0v) is 17.3. The van der Waals surface area contributed by atoms with Crippen molar-refractivity contribution in [2.24, 2.45) is 7.05 Å². The molecule has 1 unspecified atom stereocenters. The smallest absolute Gasteiger partial charge is 0.273 e. The van der Waals surface area contributed by atoms with Gasteiger partial charge in [0, 0.05) is 31.4 Å². The number of rotatable bonds is 4. The fourth-order valence-corrected chi connectivity index (χ4v) is 3.32. The van der Waals surface area contributed by atoms with Crippen LogP contribution in [-0.2, 0) is 11.8 Å². The van der Waals surface area contributed by atoms with Crippen LogP contribution in [0.1, 0.15) is 27.7 Å². The Bertz CT molecular complexity index is 1070. The van der Waals surface area contributed by atoms with Crippen molar-refractivity contribution in [1.82, 2.24) is 15.1 Å². The maximum absolute atomic E-state index is 12.7. The Morgan fingerprint density at radius 3 is 2.77 bits per heavy atom. The number of hydrogen-bond acceptors (Lipinski definition) is 5. The number of nitrogens with zero attached hydrogens (tertiary/aromatic N) is 3. The summed E-state index contributed by atoms with van der Waals surface area (Å²) >= 11 is 0. The highest BCUT2D eigenvalue weighted by Gasteiger charge is 2.17. The van der Waals surface area contributed by atoms with E-state index in [1.807, 2.05) is 30.3 Å². The minimum Gasteiger partial charge on any atom is -0.371 e. The number of amides is 1. The van der Waals surface area contributed by atoms with E-state index in [4.69, 9.17) is 10.00 Å². The molecule has 154 valence electrons. The summed E-state index contributed by atoms with van der Waals surface area (Å²) in [6.07, 6.45) is 0.0392. The Morgan fingerprint density at radius 1 is 1.27 bits per heavy atom. The van der Waals surface area contributed by atoms with Gasteiger partial charge in [-0.1, -0.05) is 24.3 Å². The average molecular weight is 424 g/mol. The first-order chi connectivity index (χ1) is 14.1. The van der Waals surface area contributed by atoms with Gasteiger partial charge in [-0.3, -0.25) is 9.48 Å². The standard InChI is InChI=1S/C22H21N5O2.ClH/c1-27-20(12-19(26-27)17-4-2-3-15(11-17)13-23)22(28)25-18-7-5-16(6-8-18)21-14-24-9-10-29-21;/h2-8,11-12,21,24H,9-10,14H2,1H3,(H,25,28);1H. The molecule has 7 nitrogen and oxygen atoms in total. The molecule has 1 atom stereocenters. The lowest BCUT2D eigenvalue weighted by Gasteiger charge is -2.24. The summed E-state index contributed by atoms with van der Waals surface area (Å²) in [6.45, 7) is 2.36. The Labute approximate surface area is 181 Å². The quantitative estimate of drug-likeness (QED) is 0.671. The number of aromatic nitrogens is 2. The molecule has 0 aliphatic carbocycles. The van der Waals surface area contributed by atoms with Crippen LogP contribution in [0, 0.1) is 11.3 Å². The largest absolute Gasteiger partial charge is 0.371 e. The predicted octanol–water partition coefficient (Wildman–Crippen LogP) is 3.29. The maximum atomic E-state index is 12.7. The van der Waals surface area contributed by atoms with Crippen molar-refractivity contribution in [3.05, 3.63) is 71.4 Å². The number of hydrogen-bond donors (Lipinski definition) is 2. The van der Waals surface area contributed by atoms with E-state index in [9.17, 15) is 4.79 Å². The third-order valence-electron chi connectivity index (χ3n) is 4.87. The van der Waals surface area contributed by atoms with E-state index < -0.39 is 0 Å². The minimum atomic E-state index is -0.244. The number of ether oxygens (including phenoxy) is 1. The Balaban J connectivity index is 0.00000256. The van der Waals surface area contributed by atoms with Crippen LogP contribution in [-0.4, -0.2) is 35.4 Å². The second-order valence-corrected chi connectivity index (χ2v) is 6.87. The summed E-state index contributed by atoms with van der Waals surface area (Å²) in [7, 11) is 1.73. The first kappa shape index (κ1) is 21.5. The summed E-state index contributed by atoms with van der Waals surface area (Å²) < 4.78 is 7.29. The fourth-order valence-electron chi connectivity index (χ4n) is 3.32. The molecule has 1 saturated heterocycles. The van der Waals surface area contributed by atoms with Gasteiger partial charge in [0.15, 0.2) is 0 Å². The van der Waals surface area contributed by atoms with Gasteiger partial charge in [-0.2, -0.15) is 10.4 Å². The molecule has 1 aromatic heterocycles. The highest BCUT2D eigenvalue weighted by molar-refractivity contribution is 6.03. The molecule has 30 heavy (non-hydrogen) atoms. The summed E-state index contributed by atoms with van der Waals surface area (Å²) in [5.74, 6) is -0.244. The van der Waals surface area contributed by atoms with Gasteiger partial charge < -0.3 is 15.4 Å². The molecule has 0 spiro atoms. The summed E-state index contributed by atoms with van der Waals surface area (Å²) in [5.41, 5.74) is 4.21. The number of nitrogens with one attached hydrogen (secondary N) is 2. The van der Waals surface area contributed by atoms with Crippen LogP contribution < -0.4 is 10.6 Å². The molecular weight excluding hydrogens is 402 g/mol. The van der Waals surface area contributed by atoms with Gasteiger partial charge in [0.05, 0.1) is 30.0 Å². The molecule has 4 rings (SSSR count). The number of aryl methyl sites for hydroxylation is 1. The third kappa shape index (κ3) is 4.69. The van der Waals surface area contributed by atoms with Gasteiger partial charge in [0.1, 0.15) is 5.69 Å². The fraction of sp³-hybridized carbons (Fsp3) is 0.227. The molecule has 3 aromatic rings. The molecule has 1 fully saturated rings. The Morgan fingerprint density at radius 2 is 2.07 bits per heavy atom. The van der Waals surface area contributed by atoms with Crippen LogP contribution in [0.3, 0.4) is 0 Å². The van der Waals surface area contributed by atoms with Crippen LogP contribution >= 0.6 is 12.4 Å². The van der Waals surface area contributed by atoms with Crippen molar-refractivity contribution < 1.29 is 9.53 Å². The second kappa shape index (κ2) is 9.55. The van der Waals surface area contributed by atoms with E-state index in [0.29, 0.717) is 29.2 Å². The van der Waals surface area contributed by atoms with Crippen molar-refractivity contribution in [2.45, 2.75) is 6.10 Å². The van der Waals surface area contributed by atoms with Crippen LogP contribution in [0.4, 0.5) is 5.69 Å². The molecule has 1 amide bonds. The lowest BCUT2D eigenvalue weighted by molar-refractivity contribution is 0.0277. The molecule has 8 heteroatoms. The highest BCUT2D eigenvalue weighted by atomic mass is 35.5. The number of morpholine rings is 1. The number of benzene rings is 2. The van der Waals surface area contributed by atoms with Crippen LogP contribution in [0.5, 0.6) is 0 Å². The lowest BCUT2D eigenvalue weighted by atomic mass is 10.1. The van der Waals surface area contributed by atoms with Gasteiger partial charge in [-0.25, -0.2) is 0 Å². The normalized spacial score (nSPS) is 15.7. The van der Waals surface area contributed by atoms with Gasteiger partial charge >= 0.3 is 0 Å². The first-order valence-electron chi connectivity index (χ1n) is 9.42. The number of carbonyl (C=O) groups is 1. The molecule has 1 aliphatic rings. The van der Waals surface area contributed by atoms with Gasteiger partial charge in [0.2, 0.25) is 0 Å². The van der Waals surface area contributed by atoms with Gasteiger partial charge in [-0.05, 0) is 35.9 Å². The minimum absolute atomic E-state index is 0. The van der Waals surface area contributed by atoms with E-state index in [1.54, 1.807) is 36.0 Å². The van der Waals surface area contributed by atoms with Crippen molar-refractivity contribution in [3.8, 4) is 17.3 Å². The first-order valence-corrected chi connectivity index (χ1v) is 9.42. The lowest BCUT2D eigenvalue weighted by Crippen LogP contribution is -2.33. The highest BCUT2D eigenvalue weighted by Crippen LogP contribution is 2.23. The van der Waals surface area contributed by atoms with Crippen molar-refractivity contribution in [3.63, 3.8) is 0 Å². The second-order valence-electron chi connectivity index (χ2n) is 6.87. The Hall–Kier alpha value is -3.18. The summed E-state index contributed by atoms with van der Waals surface area (Å²) in [5, 5.41) is 19.7. The topological polar surface area (TPSA) is 92.0 Å². The number of nitriles is 1. The van der Waals surface area contributed by atoms with Crippen molar-refractivity contribution in [2.75, 3.05) is 25.0 Å². The number of carbonyl (C=O) groups excluding carboxylic acids is 1. The maximum Gasteiger partial charge on any atom is 0.273 e. The van der Waals surface area contributed by atoms with E-state index in [0.717, 1.165) is 24.2 Å². The zero-order chi connectivity index (χ0) is 20.2. The number of halogens is 1. The molecule has 0 radical (unpaired) electrons. The third-order valence-corrected chi connectivity index (χ3v) is 4.87. The van der Waals surface area contributed by atoms with E-state index in [-0.39, 0.29) is 24.4 Å². The predicted molar refractivity (Wildman–Crippen MR) is 117 cm³/mol. The van der Waals surface area contributed by atoms with Crippen LogP contribution in [0.2, 0.25) is 0 Å². The molecule has 1 aliphatic heterocycles. The molecule has 2 aromatic carbocycles. The van der Waals surface area contributed by atoms with E-state index in [2.05, 4.69) is 21.8 Å². The Kier molecular flexibility index (Phi) is 6.85. The van der Waals surface area contributed by atoms with E-state index >= 15 is 0 Å². The average Bonchev–Trinajstić information content (AvgIpc) is 3.17. The summed E-state index contributed by atoms with van der Waals surface area (Å²) in [4.78, 5) is 12.7. The van der Waals surface area contributed by atoms with Crippen LogP contribution in [0.25, 0.3) is 11.3 Å². The molecule has 2 N–H and O–H groups in total. The SMILES string of the molecule is Cl.Cn1nc(-c2cccc(C#N)c2)cc1C(=O)Nc1ccc(C2CNCCO2)cc1. The van der Waals surface area contributed by atoms with E-state index in [1.165, 1.54) is 0 Å². The monoisotopic (exact) mass is 423 g/mol. The van der Waals surface area contributed by atoms with Crippen molar-refractivity contribution in [1.29, 1.82) is 5.26 Å². The zero-order valence-electron chi connectivity index (χ0n) is 16.5. The molecular formula is C22H22ClN5O2. The molecule has 2 heterocycles. The number of anilines is 1. The molecule has 0 saturated carbocycles. The summed E-state index contributed by atoms with van der Waals surface area (Å²) in [6, 6.07) is 18.7. The van der Waals surface area contributed by atoms with Crippen molar-refractivity contribution >= 4 is 24.0 Å². The molecule has 0 bridgehead atoms. The van der Waals surface area contributed by atoms with Crippen LogP contribution in [0.15, 0.2) is 54.6 Å². The van der Waals surface area contributed by atoms with Gasteiger partial charge in [0.25, 0.3) is 5.91 Å². The van der Waals surface area contributed by atoms with Gasteiger partial charge in [-0.15, -0.1) is 12.4 Å².